The molecule has 4 heteroatoms. The van der Waals surface area contributed by atoms with Gasteiger partial charge in [0.25, 0.3) is 5.91 Å². The van der Waals surface area contributed by atoms with E-state index in [0.29, 0.717) is 0 Å². The van der Waals surface area contributed by atoms with Gasteiger partial charge in [0, 0.05) is 30.8 Å². The molecular formula is C21H25NO3. The predicted molar refractivity (Wildman–Crippen MR) is 96.6 cm³/mol. The molecule has 1 spiro atoms. The van der Waals surface area contributed by atoms with Crippen LogP contribution in [0.25, 0.3) is 11.3 Å². The van der Waals surface area contributed by atoms with E-state index in [1.54, 1.807) is 0 Å². The second-order valence-corrected chi connectivity index (χ2v) is 7.27. The molecule has 4 nitrogen and oxygen atoms in total. The smallest absolute Gasteiger partial charge is 0.253 e. The lowest BCUT2D eigenvalue weighted by Crippen LogP contribution is -2.34. The first-order valence-electron chi connectivity index (χ1n) is 9.25. The molecule has 0 saturated carbocycles. The summed E-state index contributed by atoms with van der Waals surface area (Å²) in [5.41, 5.74) is 1.78. The van der Waals surface area contributed by atoms with Crippen molar-refractivity contribution in [2.75, 3.05) is 19.7 Å². The van der Waals surface area contributed by atoms with E-state index in [9.17, 15) is 4.79 Å². The molecule has 0 unspecified atom stereocenters. The van der Waals surface area contributed by atoms with Crippen LogP contribution in [0.4, 0.5) is 0 Å². The highest BCUT2D eigenvalue weighted by Gasteiger charge is 2.37. The topological polar surface area (TPSA) is 42.7 Å². The summed E-state index contributed by atoms with van der Waals surface area (Å²) < 4.78 is 11.7. The van der Waals surface area contributed by atoms with Crippen LogP contribution in [-0.4, -0.2) is 36.1 Å². The number of ether oxygens (including phenoxy) is 1. The zero-order valence-corrected chi connectivity index (χ0v) is 14.8. The Bertz CT molecular complexity index is 741. The second kappa shape index (κ2) is 6.68. The lowest BCUT2D eigenvalue weighted by molar-refractivity contribution is -0.00691. The molecule has 0 radical (unpaired) electrons. The summed E-state index contributed by atoms with van der Waals surface area (Å²) in [6, 6.07) is 11.6. The molecule has 132 valence electrons. The van der Waals surface area contributed by atoms with Crippen LogP contribution >= 0.6 is 0 Å². The highest BCUT2D eigenvalue weighted by atomic mass is 16.5. The van der Waals surface area contributed by atoms with Gasteiger partial charge in [-0.15, -0.1) is 0 Å². The van der Waals surface area contributed by atoms with Gasteiger partial charge in [-0.2, -0.15) is 0 Å². The van der Waals surface area contributed by atoms with Gasteiger partial charge in [0.1, 0.15) is 11.5 Å². The number of carbonyl (C=O) groups excluding carboxylic acids is 1. The maximum absolute atomic E-state index is 12.9. The molecule has 0 N–H and O–H groups in total. The summed E-state index contributed by atoms with van der Waals surface area (Å²) in [6.07, 6.45) is 5.36. The lowest BCUT2D eigenvalue weighted by Gasteiger charge is -2.27. The van der Waals surface area contributed by atoms with Crippen molar-refractivity contribution in [3.63, 3.8) is 0 Å². The zero-order valence-electron chi connectivity index (χ0n) is 14.8. The number of amides is 1. The average Bonchev–Trinajstić information content (AvgIpc) is 3.21. The number of carbonyl (C=O) groups is 1. The zero-order chi connectivity index (χ0) is 17.3. The third kappa shape index (κ3) is 3.36. The minimum absolute atomic E-state index is 0.0377. The number of rotatable bonds is 2. The molecule has 4 rings (SSSR count). The second-order valence-electron chi connectivity index (χ2n) is 7.27. The first kappa shape index (κ1) is 16.4. The minimum atomic E-state index is 0.0377. The Kier molecular flexibility index (Phi) is 4.38. The maximum atomic E-state index is 12.9. The van der Waals surface area contributed by atoms with Gasteiger partial charge in [0.05, 0.1) is 5.60 Å². The monoisotopic (exact) mass is 339 g/mol. The number of likely N-dealkylation sites (tertiary alicyclic amines) is 1. The van der Waals surface area contributed by atoms with Crippen LogP contribution in [0.5, 0.6) is 0 Å². The number of hydrogen-bond donors (Lipinski definition) is 0. The van der Waals surface area contributed by atoms with Crippen molar-refractivity contribution >= 4 is 5.91 Å². The summed E-state index contributed by atoms with van der Waals surface area (Å²) in [6.45, 7) is 4.42. The molecule has 2 fully saturated rings. The van der Waals surface area contributed by atoms with Gasteiger partial charge < -0.3 is 14.1 Å². The summed E-state index contributed by atoms with van der Waals surface area (Å²) in [5.74, 6) is 1.85. The molecule has 3 heterocycles. The third-order valence-electron chi connectivity index (χ3n) is 5.53. The normalized spacial score (nSPS) is 23.8. The van der Waals surface area contributed by atoms with Crippen molar-refractivity contribution in [1.82, 2.24) is 4.90 Å². The SMILES string of the molecule is Cc1ccc(-c2ccc(C(=O)N3CCC[C@]4(CCCO4)CC3)cc2)o1. The molecular weight excluding hydrogens is 314 g/mol. The van der Waals surface area contributed by atoms with Crippen LogP contribution < -0.4 is 0 Å². The van der Waals surface area contributed by atoms with Crippen molar-refractivity contribution < 1.29 is 13.9 Å². The molecule has 2 aliphatic rings. The first-order chi connectivity index (χ1) is 12.2. The number of nitrogens with zero attached hydrogens (tertiary/aromatic N) is 1. The summed E-state index contributed by atoms with van der Waals surface area (Å²) in [4.78, 5) is 14.9. The summed E-state index contributed by atoms with van der Waals surface area (Å²) in [5, 5.41) is 0. The van der Waals surface area contributed by atoms with Gasteiger partial charge in [-0.3, -0.25) is 4.79 Å². The van der Waals surface area contributed by atoms with Crippen molar-refractivity contribution in [2.24, 2.45) is 0 Å². The van der Waals surface area contributed by atoms with Crippen LogP contribution in [0, 0.1) is 6.92 Å². The maximum Gasteiger partial charge on any atom is 0.253 e. The van der Waals surface area contributed by atoms with E-state index in [1.807, 2.05) is 48.2 Å². The molecule has 0 bridgehead atoms. The molecule has 1 amide bonds. The van der Waals surface area contributed by atoms with Gasteiger partial charge >= 0.3 is 0 Å². The standard InChI is InChI=1S/C21H25NO3/c1-16-4-9-19(25-16)17-5-7-18(8-6-17)20(23)22-13-2-10-21(12-14-22)11-3-15-24-21/h4-9H,2-3,10-15H2,1H3/t21-/m0/s1. The van der Waals surface area contributed by atoms with Crippen LogP contribution in [0.1, 0.15) is 48.2 Å². The Labute approximate surface area is 148 Å². The van der Waals surface area contributed by atoms with Crippen molar-refractivity contribution in [1.29, 1.82) is 0 Å². The van der Waals surface area contributed by atoms with Gasteiger partial charge in [0.2, 0.25) is 0 Å². The van der Waals surface area contributed by atoms with Gasteiger partial charge in [-0.05, 0) is 63.3 Å². The fraction of sp³-hybridized carbons (Fsp3) is 0.476. The molecule has 2 aromatic rings. The number of hydrogen-bond acceptors (Lipinski definition) is 3. The Morgan fingerprint density at radius 2 is 1.80 bits per heavy atom. The Hall–Kier alpha value is -2.07. The van der Waals surface area contributed by atoms with E-state index in [1.165, 1.54) is 0 Å². The summed E-state index contributed by atoms with van der Waals surface area (Å²) >= 11 is 0. The molecule has 1 aromatic heterocycles. The predicted octanol–water partition coefficient (Wildman–Crippen LogP) is 4.43. The average molecular weight is 339 g/mol. The Balaban J connectivity index is 1.45. The third-order valence-corrected chi connectivity index (χ3v) is 5.53. The molecule has 0 aliphatic carbocycles. The van der Waals surface area contributed by atoms with E-state index in [-0.39, 0.29) is 11.5 Å². The summed E-state index contributed by atoms with van der Waals surface area (Å²) in [7, 11) is 0. The Morgan fingerprint density at radius 1 is 1.00 bits per heavy atom. The van der Waals surface area contributed by atoms with Crippen molar-refractivity contribution in [3.8, 4) is 11.3 Å². The van der Waals surface area contributed by atoms with Crippen molar-refractivity contribution in [2.45, 2.75) is 44.6 Å². The highest BCUT2D eigenvalue weighted by Crippen LogP contribution is 2.36. The van der Waals surface area contributed by atoms with Gasteiger partial charge in [-0.1, -0.05) is 12.1 Å². The first-order valence-corrected chi connectivity index (χ1v) is 9.25. The fourth-order valence-corrected chi connectivity index (χ4v) is 4.07. The van der Waals surface area contributed by atoms with Crippen LogP contribution in [-0.2, 0) is 4.74 Å². The number of furan rings is 1. The minimum Gasteiger partial charge on any atom is -0.461 e. The van der Waals surface area contributed by atoms with Crippen LogP contribution in [0.2, 0.25) is 0 Å². The van der Waals surface area contributed by atoms with E-state index in [2.05, 4.69) is 0 Å². The molecule has 2 aliphatic heterocycles. The van der Waals surface area contributed by atoms with E-state index < -0.39 is 0 Å². The quantitative estimate of drug-likeness (QED) is 0.813. The molecule has 25 heavy (non-hydrogen) atoms. The highest BCUT2D eigenvalue weighted by molar-refractivity contribution is 5.94. The molecule has 2 saturated heterocycles. The van der Waals surface area contributed by atoms with Crippen molar-refractivity contribution in [3.05, 3.63) is 47.7 Å². The number of benzene rings is 1. The fourth-order valence-electron chi connectivity index (χ4n) is 4.07. The largest absolute Gasteiger partial charge is 0.461 e. The van der Waals surface area contributed by atoms with Crippen LogP contribution in [0.15, 0.2) is 40.8 Å². The van der Waals surface area contributed by atoms with Crippen LogP contribution in [0.3, 0.4) is 0 Å². The van der Waals surface area contributed by atoms with E-state index in [0.717, 1.165) is 74.4 Å². The number of aryl methyl sites for hydroxylation is 1. The lowest BCUT2D eigenvalue weighted by atomic mass is 9.92. The van der Waals surface area contributed by atoms with E-state index >= 15 is 0 Å². The van der Waals surface area contributed by atoms with E-state index in [4.69, 9.17) is 9.15 Å². The van der Waals surface area contributed by atoms with Gasteiger partial charge in [0.15, 0.2) is 0 Å². The Morgan fingerprint density at radius 3 is 2.48 bits per heavy atom. The molecule has 1 atom stereocenters. The molecule has 1 aromatic carbocycles. The van der Waals surface area contributed by atoms with Gasteiger partial charge in [-0.25, -0.2) is 0 Å².